The lowest BCUT2D eigenvalue weighted by atomic mass is 9.75. The summed E-state index contributed by atoms with van der Waals surface area (Å²) in [6.45, 7) is 12.0. The Bertz CT molecular complexity index is 233. The van der Waals surface area contributed by atoms with Crippen LogP contribution in [0.2, 0.25) is 0 Å². The van der Waals surface area contributed by atoms with Crippen molar-refractivity contribution in [2.45, 2.75) is 92.4 Å². The lowest BCUT2D eigenvalue weighted by molar-refractivity contribution is 0.214. The summed E-state index contributed by atoms with van der Waals surface area (Å²) in [6, 6.07) is 0. The second kappa shape index (κ2) is 9.50. The Morgan fingerprint density at radius 3 is 1.79 bits per heavy atom. The fraction of sp³-hybridized carbons (Fsp3) is 1.00. The van der Waals surface area contributed by atoms with Crippen molar-refractivity contribution < 1.29 is 0 Å². The van der Waals surface area contributed by atoms with E-state index in [9.17, 15) is 4.91 Å². The van der Waals surface area contributed by atoms with Crippen LogP contribution in [0.3, 0.4) is 0 Å². The topological polar surface area (TPSA) is 29.4 Å². The van der Waals surface area contributed by atoms with Gasteiger partial charge in [0.1, 0.15) is 0 Å². The van der Waals surface area contributed by atoms with Crippen molar-refractivity contribution in [2.24, 2.45) is 16.0 Å². The monoisotopic (exact) mass is 269 g/mol. The highest BCUT2D eigenvalue weighted by Crippen LogP contribution is 2.36. The fourth-order valence-corrected chi connectivity index (χ4v) is 2.48. The molecule has 0 bridgehead atoms. The standard InChI is InChI=1S/C17H35NO/c1-6-7-8-9-10-11-16(2,3)12-13-17(4,5)14-15-18-19/h6-15H2,1-5H3. The molecular weight excluding hydrogens is 234 g/mol. The van der Waals surface area contributed by atoms with Crippen LogP contribution in [0.25, 0.3) is 0 Å². The van der Waals surface area contributed by atoms with E-state index in [-0.39, 0.29) is 5.41 Å². The molecule has 0 amide bonds. The quantitative estimate of drug-likeness (QED) is 0.300. The number of unbranched alkanes of at least 4 members (excludes halogenated alkanes) is 4. The summed E-state index contributed by atoms with van der Waals surface area (Å²) >= 11 is 0. The Balaban J connectivity index is 3.84. The molecule has 0 aromatic rings. The van der Waals surface area contributed by atoms with Crippen LogP contribution in [0, 0.1) is 15.7 Å². The average molecular weight is 269 g/mol. The summed E-state index contributed by atoms with van der Waals surface area (Å²) in [4.78, 5) is 10.2. The summed E-state index contributed by atoms with van der Waals surface area (Å²) in [5, 5.41) is 2.99. The highest BCUT2D eigenvalue weighted by molar-refractivity contribution is 4.76. The maximum atomic E-state index is 10.2. The third kappa shape index (κ3) is 11.1. The van der Waals surface area contributed by atoms with Crippen LogP contribution in [0.1, 0.15) is 92.4 Å². The van der Waals surface area contributed by atoms with Gasteiger partial charge in [0.15, 0.2) is 0 Å². The van der Waals surface area contributed by atoms with Crippen LogP contribution in [0.15, 0.2) is 5.18 Å². The molecule has 0 aromatic carbocycles. The molecule has 0 heterocycles. The SMILES string of the molecule is CCCCCCCC(C)(C)CCC(C)(C)CCN=O. The van der Waals surface area contributed by atoms with Gasteiger partial charge in [-0.2, -0.15) is 4.91 Å². The first-order chi connectivity index (χ1) is 8.83. The van der Waals surface area contributed by atoms with E-state index in [1.165, 1.54) is 51.4 Å². The van der Waals surface area contributed by atoms with Crippen molar-refractivity contribution in [3.63, 3.8) is 0 Å². The molecule has 0 aliphatic heterocycles. The third-order valence-corrected chi connectivity index (χ3v) is 4.32. The predicted octanol–water partition coefficient (Wildman–Crippen LogP) is 6.34. The largest absolute Gasteiger partial charge is 0.151 e. The normalized spacial score (nSPS) is 12.7. The molecule has 0 aliphatic carbocycles. The molecule has 0 saturated carbocycles. The second-order valence-electron chi connectivity index (χ2n) is 7.60. The molecule has 0 saturated heterocycles. The second-order valence-corrected chi connectivity index (χ2v) is 7.60. The zero-order chi connectivity index (χ0) is 14.8. The van der Waals surface area contributed by atoms with E-state index in [0.717, 1.165) is 6.42 Å². The van der Waals surface area contributed by atoms with E-state index >= 15 is 0 Å². The van der Waals surface area contributed by atoms with Crippen LogP contribution in [0.5, 0.6) is 0 Å². The zero-order valence-electron chi connectivity index (χ0n) is 13.9. The van der Waals surface area contributed by atoms with E-state index in [1.807, 2.05) is 0 Å². The number of nitroso groups, excluding NO2 is 1. The van der Waals surface area contributed by atoms with Gasteiger partial charge in [-0.15, -0.1) is 0 Å². The molecule has 0 unspecified atom stereocenters. The molecule has 0 radical (unpaired) electrons. The van der Waals surface area contributed by atoms with Crippen LogP contribution in [0.4, 0.5) is 0 Å². The highest BCUT2D eigenvalue weighted by atomic mass is 16.3. The molecule has 0 N–H and O–H groups in total. The Morgan fingerprint density at radius 1 is 0.737 bits per heavy atom. The molecule has 114 valence electrons. The van der Waals surface area contributed by atoms with Crippen molar-refractivity contribution in [1.82, 2.24) is 0 Å². The van der Waals surface area contributed by atoms with Crippen molar-refractivity contribution in [3.8, 4) is 0 Å². The molecule has 2 nitrogen and oxygen atoms in total. The van der Waals surface area contributed by atoms with E-state index in [4.69, 9.17) is 0 Å². The molecule has 0 aliphatic rings. The first kappa shape index (κ1) is 18.6. The summed E-state index contributed by atoms with van der Waals surface area (Å²) in [5.41, 5.74) is 0.700. The Kier molecular flexibility index (Phi) is 9.30. The highest BCUT2D eigenvalue weighted by Gasteiger charge is 2.24. The molecule has 0 atom stereocenters. The van der Waals surface area contributed by atoms with Crippen molar-refractivity contribution >= 4 is 0 Å². The lowest BCUT2D eigenvalue weighted by Gasteiger charge is -2.31. The van der Waals surface area contributed by atoms with Gasteiger partial charge in [-0.1, -0.05) is 71.9 Å². The summed E-state index contributed by atoms with van der Waals surface area (Å²) in [5.74, 6) is 0. The number of hydrogen-bond donors (Lipinski definition) is 0. The minimum Gasteiger partial charge on any atom is -0.151 e. The Hall–Kier alpha value is -0.400. The third-order valence-electron chi connectivity index (χ3n) is 4.32. The molecule has 0 aromatic heterocycles. The van der Waals surface area contributed by atoms with E-state index in [0.29, 0.717) is 12.0 Å². The number of nitrogens with zero attached hydrogens (tertiary/aromatic N) is 1. The smallest absolute Gasteiger partial charge is 0.0816 e. The average Bonchev–Trinajstić information content (AvgIpc) is 2.34. The van der Waals surface area contributed by atoms with Crippen molar-refractivity contribution in [2.75, 3.05) is 6.54 Å². The summed E-state index contributed by atoms with van der Waals surface area (Å²) in [6.07, 6.45) is 11.6. The lowest BCUT2D eigenvalue weighted by Crippen LogP contribution is -2.19. The van der Waals surface area contributed by atoms with E-state index in [1.54, 1.807) is 0 Å². The summed E-state index contributed by atoms with van der Waals surface area (Å²) < 4.78 is 0. The zero-order valence-corrected chi connectivity index (χ0v) is 13.9. The van der Waals surface area contributed by atoms with Gasteiger partial charge in [0.05, 0.1) is 6.54 Å². The number of rotatable bonds is 12. The van der Waals surface area contributed by atoms with Gasteiger partial charge in [-0.25, -0.2) is 0 Å². The molecule has 19 heavy (non-hydrogen) atoms. The van der Waals surface area contributed by atoms with E-state index in [2.05, 4.69) is 39.8 Å². The predicted molar refractivity (Wildman–Crippen MR) is 85.5 cm³/mol. The maximum absolute atomic E-state index is 10.2. The minimum atomic E-state index is 0.257. The van der Waals surface area contributed by atoms with Crippen LogP contribution in [-0.4, -0.2) is 6.54 Å². The minimum absolute atomic E-state index is 0.257. The molecule has 0 fully saturated rings. The van der Waals surface area contributed by atoms with Crippen LogP contribution in [-0.2, 0) is 0 Å². The molecular formula is C17H35NO. The van der Waals surface area contributed by atoms with E-state index < -0.39 is 0 Å². The maximum Gasteiger partial charge on any atom is 0.0816 e. The summed E-state index contributed by atoms with van der Waals surface area (Å²) in [7, 11) is 0. The molecule has 0 rings (SSSR count). The number of hydrogen-bond acceptors (Lipinski definition) is 2. The fourth-order valence-electron chi connectivity index (χ4n) is 2.48. The van der Waals surface area contributed by atoms with Gasteiger partial charge in [0, 0.05) is 0 Å². The van der Waals surface area contributed by atoms with Crippen molar-refractivity contribution in [3.05, 3.63) is 4.91 Å². The van der Waals surface area contributed by atoms with Crippen molar-refractivity contribution in [1.29, 1.82) is 0 Å². The van der Waals surface area contributed by atoms with Gasteiger partial charge in [0.25, 0.3) is 0 Å². The van der Waals surface area contributed by atoms with Gasteiger partial charge in [0.2, 0.25) is 0 Å². The first-order valence-corrected chi connectivity index (χ1v) is 8.12. The Morgan fingerprint density at radius 2 is 1.26 bits per heavy atom. The first-order valence-electron chi connectivity index (χ1n) is 8.12. The Labute approximate surface area is 120 Å². The van der Waals surface area contributed by atoms with Gasteiger partial charge in [-0.05, 0) is 36.5 Å². The molecule has 0 spiro atoms. The van der Waals surface area contributed by atoms with Gasteiger partial charge in [-0.3, -0.25) is 0 Å². The van der Waals surface area contributed by atoms with Crippen LogP contribution >= 0.6 is 0 Å². The molecule has 2 heteroatoms. The van der Waals surface area contributed by atoms with Gasteiger partial charge < -0.3 is 0 Å². The van der Waals surface area contributed by atoms with Crippen LogP contribution < -0.4 is 0 Å². The van der Waals surface area contributed by atoms with Gasteiger partial charge >= 0.3 is 0 Å².